The normalized spacial score (nSPS) is 27.2. The van der Waals surface area contributed by atoms with Crippen LogP contribution in [0.2, 0.25) is 0 Å². The molecule has 0 aliphatic heterocycles. The monoisotopic (exact) mass is 212 g/mol. The Kier molecular flexibility index (Phi) is 4.00. The maximum atomic E-state index is 11.6. The van der Waals surface area contributed by atoms with E-state index in [1.165, 1.54) is 12.8 Å². The molecule has 1 aliphatic rings. The first-order chi connectivity index (χ1) is 6.87. The quantitative estimate of drug-likeness (QED) is 0.689. The van der Waals surface area contributed by atoms with Gasteiger partial charge < -0.3 is 10.6 Å². The van der Waals surface area contributed by atoms with Crippen LogP contribution in [0.15, 0.2) is 0 Å². The maximum Gasteiger partial charge on any atom is 0.315 e. The van der Waals surface area contributed by atoms with Crippen LogP contribution in [-0.4, -0.2) is 17.6 Å². The predicted octanol–water partition coefficient (Wildman–Crippen LogP) is 2.66. The Balaban J connectivity index is 2.27. The molecule has 1 rings (SSSR count). The fourth-order valence-corrected chi connectivity index (χ4v) is 1.97. The van der Waals surface area contributed by atoms with E-state index >= 15 is 0 Å². The molecule has 0 atom stereocenters. The molecular weight excluding hydrogens is 188 g/mol. The van der Waals surface area contributed by atoms with Crippen molar-refractivity contribution in [1.82, 2.24) is 10.6 Å². The molecule has 1 fully saturated rings. The van der Waals surface area contributed by atoms with Crippen molar-refractivity contribution in [2.45, 2.75) is 65.0 Å². The summed E-state index contributed by atoms with van der Waals surface area (Å²) in [5.41, 5.74) is -0.147. The van der Waals surface area contributed by atoms with Crippen LogP contribution in [0.5, 0.6) is 0 Å². The van der Waals surface area contributed by atoms with Gasteiger partial charge in [-0.1, -0.05) is 6.92 Å². The summed E-state index contributed by atoms with van der Waals surface area (Å²) < 4.78 is 0. The minimum Gasteiger partial charge on any atom is -0.335 e. The van der Waals surface area contributed by atoms with E-state index in [0.717, 1.165) is 18.8 Å². The van der Waals surface area contributed by atoms with Gasteiger partial charge in [-0.2, -0.15) is 0 Å². The SMILES string of the molecule is CC1CCC(NC(=O)NC(C)(C)C)CC1. The van der Waals surface area contributed by atoms with Crippen LogP contribution >= 0.6 is 0 Å². The number of hydrogen-bond donors (Lipinski definition) is 2. The molecule has 0 aromatic carbocycles. The molecule has 0 heterocycles. The van der Waals surface area contributed by atoms with Crippen molar-refractivity contribution in [1.29, 1.82) is 0 Å². The van der Waals surface area contributed by atoms with E-state index in [0.29, 0.717) is 6.04 Å². The highest BCUT2D eigenvalue weighted by Gasteiger charge is 2.21. The molecule has 3 heteroatoms. The van der Waals surface area contributed by atoms with E-state index in [4.69, 9.17) is 0 Å². The van der Waals surface area contributed by atoms with Gasteiger partial charge in [0.2, 0.25) is 0 Å². The van der Waals surface area contributed by atoms with Crippen LogP contribution in [0.25, 0.3) is 0 Å². The van der Waals surface area contributed by atoms with Crippen LogP contribution in [0.4, 0.5) is 4.79 Å². The summed E-state index contributed by atoms with van der Waals surface area (Å²) in [7, 11) is 0. The molecule has 3 nitrogen and oxygen atoms in total. The highest BCUT2D eigenvalue weighted by Crippen LogP contribution is 2.23. The molecule has 0 spiro atoms. The first-order valence-corrected chi connectivity index (χ1v) is 5.95. The molecule has 0 aromatic rings. The molecule has 1 saturated carbocycles. The molecule has 2 N–H and O–H groups in total. The first kappa shape index (κ1) is 12.3. The van der Waals surface area contributed by atoms with Crippen molar-refractivity contribution in [3.63, 3.8) is 0 Å². The Morgan fingerprint density at radius 1 is 1.13 bits per heavy atom. The molecule has 0 unspecified atom stereocenters. The van der Waals surface area contributed by atoms with Crippen LogP contribution in [0.3, 0.4) is 0 Å². The fraction of sp³-hybridized carbons (Fsp3) is 0.917. The number of urea groups is 1. The Labute approximate surface area is 93.0 Å². The highest BCUT2D eigenvalue weighted by atomic mass is 16.2. The summed E-state index contributed by atoms with van der Waals surface area (Å²) in [6.45, 7) is 8.27. The molecule has 2 amide bonds. The summed E-state index contributed by atoms with van der Waals surface area (Å²) in [6.07, 6.45) is 4.72. The number of carbonyl (C=O) groups excluding carboxylic acids is 1. The molecule has 1 aliphatic carbocycles. The van der Waals surface area contributed by atoms with Gasteiger partial charge in [-0.15, -0.1) is 0 Å². The molecule has 15 heavy (non-hydrogen) atoms. The van der Waals surface area contributed by atoms with Crippen molar-refractivity contribution in [2.75, 3.05) is 0 Å². The number of hydrogen-bond acceptors (Lipinski definition) is 1. The van der Waals surface area contributed by atoms with Gasteiger partial charge in [0.1, 0.15) is 0 Å². The van der Waals surface area contributed by atoms with E-state index in [1.807, 2.05) is 20.8 Å². The van der Waals surface area contributed by atoms with E-state index in [-0.39, 0.29) is 11.6 Å². The van der Waals surface area contributed by atoms with Crippen molar-refractivity contribution in [3.8, 4) is 0 Å². The third-order valence-electron chi connectivity index (χ3n) is 2.84. The van der Waals surface area contributed by atoms with E-state index in [1.54, 1.807) is 0 Å². The molecule has 0 aromatic heterocycles. The number of nitrogens with one attached hydrogen (secondary N) is 2. The van der Waals surface area contributed by atoms with Gasteiger partial charge in [0, 0.05) is 11.6 Å². The van der Waals surface area contributed by atoms with Gasteiger partial charge in [-0.05, 0) is 52.4 Å². The van der Waals surface area contributed by atoms with Crippen molar-refractivity contribution >= 4 is 6.03 Å². The van der Waals surface area contributed by atoms with Crippen LogP contribution in [-0.2, 0) is 0 Å². The first-order valence-electron chi connectivity index (χ1n) is 5.95. The molecule has 0 saturated heterocycles. The smallest absolute Gasteiger partial charge is 0.315 e. The lowest BCUT2D eigenvalue weighted by Gasteiger charge is -2.29. The molecule has 88 valence electrons. The number of carbonyl (C=O) groups is 1. The number of rotatable bonds is 1. The predicted molar refractivity (Wildman–Crippen MR) is 62.8 cm³/mol. The number of amides is 2. The summed E-state index contributed by atoms with van der Waals surface area (Å²) in [6, 6.07) is 0.352. The lowest BCUT2D eigenvalue weighted by molar-refractivity contribution is 0.220. The minimum absolute atomic E-state index is 0.0259. The van der Waals surface area contributed by atoms with Gasteiger partial charge in [0.25, 0.3) is 0 Å². The lowest BCUT2D eigenvalue weighted by atomic mass is 9.87. The minimum atomic E-state index is -0.147. The zero-order chi connectivity index (χ0) is 11.5. The molecule has 0 radical (unpaired) electrons. The second-order valence-corrected chi connectivity index (χ2v) is 5.81. The molecule has 0 bridgehead atoms. The Morgan fingerprint density at radius 3 is 2.13 bits per heavy atom. The fourth-order valence-electron chi connectivity index (χ4n) is 1.97. The van der Waals surface area contributed by atoms with Gasteiger partial charge in [-0.3, -0.25) is 0 Å². The topological polar surface area (TPSA) is 41.1 Å². The van der Waals surface area contributed by atoms with Crippen molar-refractivity contribution < 1.29 is 4.79 Å². The Hall–Kier alpha value is -0.730. The van der Waals surface area contributed by atoms with Crippen LogP contribution in [0, 0.1) is 5.92 Å². The summed E-state index contributed by atoms with van der Waals surface area (Å²) in [5.74, 6) is 0.828. The van der Waals surface area contributed by atoms with E-state index in [9.17, 15) is 4.79 Å². The van der Waals surface area contributed by atoms with Crippen LogP contribution < -0.4 is 10.6 Å². The van der Waals surface area contributed by atoms with Crippen LogP contribution in [0.1, 0.15) is 53.4 Å². The summed E-state index contributed by atoms with van der Waals surface area (Å²) in [5, 5.41) is 5.97. The standard InChI is InChI=1S/C12H24N2O/c1-9-5-7-10(8-6-9)13-11(15)14-12(2,3)4/h9-10H,5-8H2,1-4H3,(H2,13,14,15). The van der Waals surface area contributed by atoms with Crippen molar-refractivity contribution in [3.05, 3.63) is 0 Å². The van der Waals surface area contributed by atoms with E-state index < -0.39 is 0 Å². The summed E-state index contributed by atoms with van der Waals surface area (Å²) >= 11 is 0. The second-order valence-electron chi connectivity index (χ2n) is 5.81. The average Bonchev–Trinajstić information content (AvgIpc) is 2.05. The lowest BCUT2D eigenvalue weighted by Crippen LogP contribution is -2.50. The Bertz CT molecular complexity index is 212. The maximum absolute atomic E-state index is 11.6. The molecular formula is C12H24N2O. The second kappa shape index (κ2) is 4.86. The van der Waals surface area contributed by atoms with Gasteiger partial charge in [-0.25, -0.2) is 4.79 Å². The highest BCUT2D eigenvalue weighted by molar-refractivity contribution is 5.74. The zero-order valence-corrected chi connectivity index (χ0v) is 10.4. The average molecular weight is 212 g/mol. The third-order valence-corrected chi connectivity index (χ3v) is 2.84. The van der Waals surface area contributed by atoms with Crippen molar-refractivity contribution in [2.24, 2.45) is 5.92 Å². The van der Waals surface area contributed by atoms with Gasteiger partial charge >= 0.3 is 6.03 Å². The third kappa shape index (κ3) is 5.05. The largest absolute Gasteiger partial charge is 0.335 e. The van der Waals surface area contributed by atoms with Gasteiger partial charge in [0.15, 0.2) is 0 Å². The summed E-state index contributed by atoms with van der Waals surface area (Å²) in [4.78, 5) is 11.6. The Morgan fingerprint density at radius 2 is 1.67 bits per heavy atom. The zero-order valence-electron chi connectivity index (χ0n) is 10.4. The van der Waals surface area contributed by atoms with Gasteiger partial charge in [0.05, 0.1) is 0 Å². The van der Waals surface area contributed by atoms with E-state index in [2.05, 4.69) is 17.6 Å².